The molecule has 4 heterocycles. The average molecular weight is 443 g/mol. The van der Waals surface area contributed by atoms with Crippen molar-refractivity contribution in [3.8, 4) is 11.4 Å². The quantitative estimate of drug-likeness (QED) is 0.446. The molecular formula is C21H22N4O3S2. The molecule has 0 spiro atoms. The smallest absolute Gasteiger partial charge is 0.268 e. The van der Waals surface area contributed by atoms with Crippen molar-refractivity contribution in [1.82, 2.24) is 19.2 Å². The lowest BCUT2D eigenvalue weighted by molar-refractivity contribution is 0.00200. The van der Waals surface area contributed by atoms with E-state index < -0.39 is 0 Å². The molecule has 4 aromatic rings. The van der Waals surface area contributed by atoms with Crippen LogP contribution in [0, 0.1) is 5.92 Å². The molecule has 0 saturated carbocycles. The summed E-state index contributed by atoms with van der Waals surface area (Å²) in [6.45, 7) is 4.85. The topological polar surface area (TPSA) is 70.7 Å². The Balaban J connectivity index is 1.85. The molecule has 3 aromatic heterocycles. The Morgan fingerprint density at radius 1 is 1.27 bits per heavy atom. The summed E-state index contributed by atoms with van der Waals surface area (Å²) < 4.78 is 15.0. The maximum atomic E-state index is 13.8. The van der Waals surface area contributed by atoms with E-state index in [1.54, 1.807) is 23.0 Å². The van der Waals surface area contributed by atoms with Gasteiger partial charge in [-0.05, 0) is 42.0 Å². The molecule has 0 saturated heterocycles. The summed E-state index contributed by atoms with van der Waals surface area (Å²) in [6, 6.07) is 7.44. The van der Waals surface area contributed by atoms with E-state index in [1.165, 1.54) is 11.8 Å². The number of aromatic nitrogens is 4. The van der Waals surface area contributed by atoms with Gasteiger partial charge in [0.25, 0.3) is 5.56 Å². The molecule has 5 rings (SSSR count). The fraction of sp³-hybridized carbons (Fsp3) is 0.381. The Labute approximate surface area is 181 Å². The van der Waals surface area contributed by atoms with Gasteiger partial charge in [0.15, 0.2) is 5.16 Å². The number of benzene rings is 1. The third kappa shape index (κ3) is 2.87. The molecule has 1 aliphatic rings. The third-order valence-electron chi connectivity index (χ3n) is 5.60. The normalized spacial score (nSPS) is 16.5. The molecule has 0 amide bonds. The van der Waals surface area contributed by atoms with Crippen molar-refractivity contribution >= 4 is 39.1 Å². The first-order valence-corrected chi connectivity index (χ1v) is 11.8. The van der Waals surface area contributed by atoms with Crippen molar-refractivity contribution in [3.63, 3.8) is 0 Å². The van der Waals surface area contributed by atoms with E-state index in [9.17, 15) is 4.79 Å². The minimum absolute atomic E-state index is 0.0652. The Kier molecular flexibility index (Phi) is 4.83. The van der Waals surface area contributed by atoms with Gasteiger partial charge < -0.3 is 9.47 Å². The van der Waals surface area contributed by atoms with Crippen LogP contribution in [0.25, 0.3) is 21.7 Å². The van der Waals surface area contributed by atoms with Gasteiger partial charge >= 0.3 is 0 Å². The van der Waals surface area contributed by atoms with Crippen molar-refractivity contribution in [2.75, 3.05) is 13.4 Å². The first-order chi connectivity index (χ1) is 14.5. The number of hydrogen-bond donors (Lipinski definition) is 0. The van der Waals surface area contributed by atoms with Crippen LogP contribution in [0.4, 0.5) is 0 Å². The molecule has 1 aromatic carbocycles. The van der Waals surface area contributed by atoms with E-state index >= 15 is 0 Å². The largest absolute Gasteiger partial charge is 0.497 e. The Morgan fingerprint density at radius 2 is 2.03 bits per heavy atom. The van der Waals surface area contributed by atoms with Crippen LogP contribution in [0.5, 0.6) is 5.75 Å². The first-order valence-electron chi connectivity index (χ1n) is 9.78. The van der Waals surface area contributed by atoms with Crippen LogP contribution in [0.1, 0.15) is 24.3 Å². The summed E-state index contributed by atoms with van der Waals surface area (Å²) in [5.41, 5.74) is 1.78. The predicted molar refractivity (Wildman–Crippen MR) is 119 cm³/mol. The molecule has 0 fully saturated rings. The van der Waals surface area contributed by atoms with Crippen molar-refractivity contribution in [2.45, 2.75) is 38.1 Å². The molecule has 0 aliphatic carbocycles. The predicted octanol–water partition coefficient (Wildman–Crippen LogP) is 3.92. The van der Waals surface area contributed by atoms with Crippen molar-refractivity contribution < 1.29 is 9.47 Å². The number of methoxy groups -OCH3 is 1. The number of fused-ring (bicyclic) bond motifs is 5. The van der Waals surface area contributed by atoms with Gasteiger partial charge in [0, 0.05) is 11.3 Å². The highest BCUT2D eigenvalue weighted by Gasteiger charge is 2.30. The molecule has 0 bridgehead atoms. The summed E-state index contributed by atoms with van der Waals surface area (Å²) in [4.78, 5) is 15.8. The minimum atomic E-state index is -0.0652. The molecule has 30 heavy (non-hydrogen) atoms. The van der Waals surface area contributed by atoms with Gasteiger partial charge in [0.05, 0.1) is 30.9 Å². The fourth-order valence-electron chi connectivity index (χ4n) is 3.96. The number of thioether (sulfide) groups is 1. The highest BCUT2D eigenvalue weighted by molar-refractivity contribution is 7.98. The highest BCUT2D eigenvalue weighted by Crippen LogP contribution is 2.37. The van der Waals surface area contributed by atoms with Gasteiger partial charge in [-0.15, -0.1) is 21.5 Å². The number of hydrogen-bond acceptors (Lipinski definition) is 7. The number of ether oxygens (including phenoxy) is 2. The Hall–Kier alpha value is -2.36. The standard InChI is InChI=1S/C21H22N4O3S2/c1-11(2)15-9-14-16(10-28-15)30-19-17(14)18(26)24(12-5-7-13(27-3)8-6-12)20-22-23-21(29-4)25(19)20/h5-8,11,15H,9-10H2,1-4H3. The summed E-state index contributed by atoms with van der Waals surface area (Å²) in [5.74, 6) is 1.64. The van der Waals surface area contributed by atoms with Gasteiger partial charge in [-0.25, -0.2) is 8.97 Å². The van der Waals surface area contributed by atoms with Gasteiger partial charge in [-0.3, -0.25) is 4.79 Å². The van der Waals surface area contributed by atoms with Crippen LogP contribution in [-0.2, 0) is 17.8 Å². The van der Waals surface area contributed by atoms with Gasteiger partial charge in [-0.2, -0.15) is 0 Å². The molecule has 1 aliphatic heterocycles. The monoisotopic (exact) mass is 442 g/mol. The van der Waals surface area contributed by atoms with Gasteiger partial charge in [0.1, 0.15) is 10.6 Å². The lowest BCUT2D eigenvalue weighted by atomic mass is 9.96. The van der Waals surface area contributed by atoms with Crippen LogP contribution in [-0.4, -0.2) is 38.6 Å². The lowest BCUT2D eigenvalue weighted by Gasteiger charge is -2.26. The zero-order chi connectivity index (χ0) is 21.0. The van der Waals surface area contributed by atoms with Gasteiger partial charge in [0.2, 0.25) is 5.78 Å². The van der Waals surface area contributed by atoms with Gasteiger partial charge in [-0.1, -0.05) is 25.6 Å². The Morgan fingerprint density at radius 3 is 2.70 bits per heavy atom. The summed E-state index contributed by atoms with van der Waals surface area (Å²) >= 11 is 3.13. The van der Waals surface area contributed by atoms with E-state index in [1.807, 2.05) is 34.9 Å². The van der Waals surface area contributed by atoms with Crippen molar-refractivity contribution in [2.24, 2.45) is 5.92 Å². The highest BCUT2D eigenvalue weighted by atomic mass is 32.2. The van der Waals surface area contributed by atoms with Crippen molar-refractivity contribution in [3.05, 3.63) is 45.1 Å². The molecule has 1 atom stereocenters. The zero-order valence-electron chi connectivity index (χ0n) is 17.2. The molecule has 1 unspecified atom stereocenters. The second-order valence-electron chi connectivity index (χ2n) is 7.64. The first kappa shape index (κ1) is 19.6. The number of thiophene rings is 1. The van der Waals surface area contributed by atoms with Crippen LogP contribution >= 0.6 is 23.1 Å². The molecule has 7 nitrogen and oxygen atoms in total. The van der Waals surface area contributed by atoms with E-state index in [4.69, 9.17) is 9.47 Å². The summed E-state index contributed by atoms with van der Waals surface area (Å²) in [7, 11) is 1.62. The van der Waals surface area contributed by atoms with E-state index in [-0.39, 0.29) is 11.7 Å². The van der Waals surface area contributed by atoms with E-state index in [2.05, 4.69) is 24.0 Å². The number of rotatable bonds is 4. The summed E-state index contributed by atoms with van der Waals surface area (Å²) in [6.07, 6.45) is 2.82. The van der Waals surface area contributed by atoms with Crippen LogP contribution < -0.4 is 10.3 Å². The van der Waals surface area contributed by atoms with Crippen LogP contribution in [0.15, 0.2) is 34.2 Å². The maximum Gasteiger partial charge on any atom is 0.268 e. The van der Waals surface area contributed by atoms with Crippen LogP contribution in [0.2, 0.25) is 0 Å². The van der Waals surface area contributed by atoms with Crippen molar-refractivity contribution in [1.29, 1.82) is 0 Å². The average Bonchev–Trinajstić information content (AvgIpc) is 3.35. The molecule has 0 N–H and O–H groups in total. The van der Waals surface area contributed by atoms with E-state index in [0.717, 1.165) is 43.7 Å². The lowest BCUT2D eigenvalue weighted by Crippen LogP contribution is -2.28. The minimum Gasteiger partial charge on any atom is -0.497 e. The molecule has 9 heteroatoms. The second-order valence-corrected chi connectivity index (χ2v) is 9.50. The SMILES string of the molecule is COc1ccc(-n2c(=O)c3c4c(sc3n3c(SC)nnc23)COC(C(C)C)C4)cc1. The molecular weight excluding hydrogens is 420 g/mol. The fourth-order valence-corrected chi connectivity index (χ4v) is 5.74. The number of nitrogens with zero attached hydrogens (tertiary/aromatic N) is 4. The second kappa shape index (κ2) is 7.40. The zero-order valence-corrected chi connectivity index (χ0v) is 18.8. The Bertz CT molecular complexity index is 1300. The summed E-state index contributed by atoms with van der Waals surface area (Å²) in [5, 5.41) is 10.2. The van der Waals surface area contributed by atoms with E-state index in [0.29, 0.717) is 18.3 Å². The molecule has 0 radical (unpaired) electrons. The maximum absolute atomic E-state index is 13.8. The third-order valence-corrected chi connectivity index (χ3v) is 7.42. The molecule has 156 valence electrons. The van der Waals surface area contributed by atoms with Crippen LogP contribution in [0.3, 0.4) is 0 Å².